The van der Waals surface area contributed by atoms with Crippen molar-refractivity contribution in [3.63, 3.8) is 0 Å². The van der Waals surface area contributed by atoms with Gasteiger partial charge < -0.3 is 14.5 Å². The topological polar surface area (TPSA) is 32.8 Å². The molecule has 2 saturated heterocycles. The van der Waals surface area contributed by atoms with E-state index in [0.29, 0.717) is 5.92 Å². The Bertz CT molecular complexity index is 649. The number of nitrogens with zero attached hydrogens (tertiary/aromatic N) is 2. The second-order valence-corrected chi connectivity index (χ2v) is 9.58. The zero-order chi connectivity index (χ0) is 19.9. The van der Waals surface area contributed by atoms with E-state index in [0.717, 1.165) is 36.9 Å². The second kappa shape index (κ2) is 10.8. The first kappa shape index (κ1) is 21.9. The quantitative estimate of drug-likeness (QED) is 0.540. The summed E-state index contributed by atoms with van der Waals surface area (Å²) in [6.45, 7) is 5.29. The van der Waals surface area contributed by atoms with Gasteiger partial charge in [-0.15, -0.1) is 0 Å². The van der Waals surface area contributed by atoms with Crippen molar-refractivity contribution in [2.75, 3.05) is 39.8 Å². The predicted octanol–water partition coefficient (Wildman–Crippen LogP) is 5.62. The standard InChI is InChI=1S/C22H32BrClN2O2/c1-28-22(27)26-11-3-5-18(16-26)4-2-10-25-12-8-17(9-13-25)14-19-15-20(24)6-7-21(19)23/h6-7,15,17-18H,2-5,8-14,16H2,1H3. The zero-order valence-corrected chi connectivity index (χ0v) is 19.2. The van der Waals surface area contributed by atoms with Crippen LogP contribution < -0.4 is 0 Å². The van der Waals surface area contributed by atoms with E-state index in [1.54, 1.807) is 0 Å². The van der Waals surface area contributed by atoms with Crippen LogP contribution in [0.1, 0.15) is 44.1 Å². The molecule has 3 rings (SSSR count). The normalized spacial score (nSPS) is 21.7. The first-order valence-electron chi connectivity index (χ1n) is 10.5. The summed E-state index contributed by atoms with van der Waals surface area (Å²) < 4.78 is 6.05. The lowest BCUT2D eigenvalue weighted by Gasteiger charge is -2.34. The molecule has 2 heterocycles. The Kier molecular flexibility index (Phi) is 8.49. The monoisotopic (exact) mass is 470 g/mol. The fourth-order valence-electron chi connectivity index (χ4n) is 4.62. The highest BCUT2D eigenvalue weighted by Gasteiger charge is 2.24. The van der Waals surface area contributed by atoms with E-state index >= 15 is 0 Å². The van der Waals surface area contributed by atoms with Crippen LogP contribution in [0.5, 0.6) is 0 Å². The Morgan fingerprint density at radius 3 is 2.75 bits per heavy atom. The van der Waals surface area contributed by atoms with Crippen LogP contribution in [0.15, 0.2) is 22.7 Å². The van der Waals surface area contributed by atoms with Gasteiger partial charge in [0.25, 0.3) is 0 Å². The number of rotatable bonds is 6. The Morgan fingerprint density at radius 2 is 2.00 bits per heavy atom. The fraction of sp³-hybridized carbons (Fsp3) is 0.682. The van der Waals surface area contributed by atoms with Gasteiger partial charge in [-0.3, -0.25) is 0 Å². The number of benzene rings is 1. The molecule has 0 spiro atoms. The number of likely N-dealkylation sites (tertiary alicyclic amines) is 2. The SMILES string of the molecule is COC(=O)N1CCCC(CCCN2CCC(Cc3cc(Cl)ccc3Br)CC2)C1. The molecule has 2 aliphatic heterocycles. The molecular weight excluding hydrogens is 440 g/mol. The summed E-state index contributed by atoms with van der Waals surface area (Å²) in [5.74, 6) is 1.38. The van der Waals surface area contributed by atoms with Crippen LogP contribution in [0.4, 0.5) is 4.79 Å². The van der Waals surface area contributed by atoms with Crippen LogP contribution in [0, 0.1) is 11.8 Å². The van der Waals surface area contributed by atoms with Crippen LogP contribution in [0.25, 0.3) is 0 Å². The van der Waals surface area contributed by atoms with Crippen molar-refractivity contribution in [1.82, 2.24) is 9.80 Å². The molecule has 1 atom stereocenters. The number of halogens is 2. The third-order valence-corrected chi connectivity index (χ3v) is 7.27. The molecule has 28 heavy (non-hydrogen) atoms. The van der Waals surface area contributed by atoms with Gasteiger partial charge in [0.1, 0.15) is 0 Å². The van der Waals surface area contributed by atoms with Gasteiger partial charge in [0.2, 0.25) is 0 Å². The van der Waals surface area contributed by atoms with Gasteiger partial charge in [0, 0.05) is 22.6 Å². The Morgan fingerprint density at radius 1 is 1.21 bits per heavy atom. The van der Waals surface area contributed by atoms with Crippen molar-refractivity contribution >= 4 is 33.6 Å². The predicted molar refractivity (Wildman–Crippen MR) is 118 cm³/mol. The van der Waals surface area contributed by atoms with Crippen molar-refractivity contribution in [2.45, 2.75) is 44.9 Å². The Balaban J connectivity index is 1.34. The third-order valence-electron chi connectivity index (χ3n) is 6.26. The molecule has 1 aromatic carbocycles. The highest BCUT2D eigenvalue weighted by atomic mass is 79.9. The number of methoxy groups -OCH3 is 1. The number of amides is 1. The van der Waals surface area contributed by atoms with Gasteiger partial charge in [-0.2, -0.15) is 0 Å². The van der Waals surface area contributed by atoms with Gasteiger partial charge in [-0.25, -0.2) is 4.79 Å². The largest absolute Gasteiger partial charge is 0.453 e. The van der Waals surface area contributed by atoms with Crippen molar-refractivity contribution in [3.8, 4) is 0 Å². The molecule has 0 N–H and O–H groups in total. The smallest absolute Gasteiger partial charge is 0.409 e. The average Bonchev–Trinajstić information content (AvgIpc) is 2.71. The molecule has 0 aromatic heterocycles. The van der Waals surface area contributed by atoms with E-state index in [1.807, 2.05) is 11.0 Å². The van der Waals surface area contributed by atoms with Crippen LogP contribution in [-0.2, 0) is 11.2 Å². The molecule has 1 unspecified atom stereocenters. The molecule has 2 fully saturated rings. The summed E-state index contributed by atoms with van der Waals surface area (Å²) in [6, 6.07) is 6.09. The Hall–Kier alpha value is -0.780. The van der Waals surface area contributed by atoms with Crippen LogP contribution >= 0.6 is 27.5 Å². The number of hydrogen-bond acceptors (Lipinski definition) is 3. The molecule has 0 aliphatic carbocycles. The summed E-state index contributed by atoms with van der Waals surface area (Å²) in [6.07, 6.45) is 8.25. The molecule has 4 nitrogen and oxygen atoms in total. The van der Waals surface area contributed by atoms with Crippen LogP contribution in [0.3, 0.4) is 0 Å². The number of carbonyl (C=O) groups is 1. The van der Waals surface area contributed by atoms with E-state index in [-0.39, 0.29) is 6.09 Å². The minimum Gasteiger partial charge on any atom is -0.453 e. The minimum atomic E-state index is -0.168. The second-order valence-electron chi connectivity index (χ2n) is 8.29. The van der Waals surface area contributed by atoms with Crippen molar-refractivity contribution in [1.29, 1.82) is 0 Å². The van der Waals surface area contributed by atoms with E-state index in [4.69, 9.17) is 16.3 Å². The van der Waals surface area contributed by atoms with Crippen LogP contribution in [-0.4, -0.2) is 55.7 Å². The van der Waals surface area contributed by atoms with Gasteiger partial charge in [0.05, 0.1) is 7.11 Å². The van der Waals surface area contributed by atoms with Crippen molar-refractivity contribution in [2.24, 2.45) is 11.8 Å². The highest BCUT2D eigenvalue weighted by molar-refractivity contribution is 9.10. The molecule has 0 radical (unpaired) electrons. The fourth-order valence-corrected chi connectivity index (χ4v) is 5.23. The summed E-state index contributed by atoms with van der Waals surface area (Å²) in [4.78, 5) is 16.2. The van der Waals surface area contributed by atoms with Gasteiger partial charge in [0.15, 0.2) is 0 Å². The maximum absolute atomic E-state index is 11.7. The number of carbonyl (C=O) groups excluding carboxylic acids is 1. The molecular formula is C22H32BrClN2O2. The summed E-state index contributed by atoms with van der Waals surface area (Å²) in [5.41, 5.74) is 1.33. The minimum absolute atomic E-state index is 0.168. The van der Waals surface area contributed by atoms with E-state index in [2.05, 4.69) is 33.0 Å². The van der Waals surface area contributed by atoms with Gasteiger partial charge >= 0.3 is 6.09 Å². The number of ether oxygens (including phenoxy) is 1. The molecule has 6 heteroatoms. The average molecular weight is 472 g/mol. The maximum Gasteiger partial charge on any atom is 0.409 e. The molecule has 1 aromatic rings. The molecule has 0 saturated carbocycles. The molecule has 1 amide bonds. The number of piperidine rings is 2. The third kappa shape index (κ3) is 6.36. The maximum atomic E-state index is 11.7. The number of hydrogen-bond donors (Lipinski definition) is 0. The molecule has 0 bridgehead atoms. The highest BCUT2D eigenvalue weighted by Crippen LogP contribution is 2.28. The van der Waals surface area contributed by atoms with E-state index < -0.39 is 0 Å². The lowest BCUT2D eigenvalue weighted by Crippen LogP contribution is -2.40. The van der Waals surface area contributed by atoms with E-state index in [9.17, 15) is 4.79 Å². The Labute approximate surface area is 182 Å². The lowest BCUT2D eigenvalue weighted by molar-refractivity contribution is 0.0987. The van der Waals surface area contributed by atoms with E-state index in [1.165, 1.54) is 68.9 Å². The van der Waals surface area contributed by atoms with Crippen molar-refractivity contribution < 1.29 is 9.53 Å². The van der Waals surface area contributed by atoms with Gasteiger partial charge in [-0.05, 0) is 100 Å². The summed E-state index contributed by atoms with van der Waals surface area (Å²) in [5, 5.41) is 0.823. The lowest BCUT2D eigenvalue weighted by atomic mass is 9.89. The summed E-state index contributed by atoms with van der Waals surface area (Å²) in [7, 11) is 1.47. The zero-order valence-electron chi connectivity index (χ0n) is 16.8. The molecule has 156 valence electrons. The van der Waals surface area contributed by atoms with Crippen LogP contribution in [0.2, 0.25) is 5.02 Å². The first-order chi connectivity index (χ1) is 13.5. The van der Waals surface area contributed by atoms with Crippen molar-refractivity contribution in [3.05, 3.63) is 33.3 Å². The summed E-state index contributed by atoms with van der Waals surface area (Å²) >= 11 is 9.81. The first-order valence-corrected chi connectivity index (χ1v) is 11.7. The van der Waals surface area contributed by atoms with Gasteiger partial charge in [-0.1, -0.05) is 27.5 Å². The molecule has 2 aliphatic rings.